The maximum atomic E-state index is 12.8. The van der Waals surface area contributed by atoms with Crippen LogP contribution in [0.4, 0.5) is 5.69 Å². The van der Waals surface area contributed by atoms with Gasteiger partial charge in [-0.3, -0.25) is 4.79 Å². The van der Waals surface area contributed by atoms with E-state index in [-0.39, 0.29) is 11.8 Å². The maximum absolute atomic E-state index is 12.8. The predicted molar refractivity (Wildman–Crippen MR) is 113 cm³/mol. The predicted octanol–water partition coefficient (Wildman–Crippen LogP) is 6.54. The molecule has 0 radical (unpaired) electrons. The van der Waals surface area contributed by atoms with Crippen LogP contribution in [0.2, 0.25) is 0 Å². The number of ketones is 1. The Labute approximate surface area is 162 Å². The molecule has 3 rings (SSSR count). The topological polar surface area (TPSA) is 29.1 Å². The van der Waals surface area contributed by atoms with E-state index in [9.17, 15) is 4.79 Å². The van der Waals surface area contributed by atoms with Crippen molar-refractivity contribution in [2.75, 3.05) is 5.32 Å². The molecule has 3 aromatic carbocycles. The Kier molecular flexibility index (Phi) is 6.08. The minimum absolute atomic E-state index is 0.0679. The zero-order valence-corrected chi connectivity index (χ0v) is 16.3. The number of nitrogens with one attached hydrogen (secondary N) is 1. The fraction of sp³-hybridized carbons (Fsp3) is 0.240. The van der Waals surface area contributed by atoms with Crippen molar-refractivity contribution >= 4 is 11.5 Å². The number of carbonyl (C=O) groups is 1. The van der Waals surface area contributed by atoms with Gasteiger partial charge in [-0.05, 0) is 36.1 Å². The van der Waals surface area contributed by atoms with Crippen molar-refractivity contribution in [2.45, 2.75) is 39.2 Å². The molecule has 0 heterocycles. The average Bonchev–Trinajstić information content (AvgIpc) is 2.70. The van der Waals surface area contributed by atoms with Gasteiger partial charge in [-0.1, -0.05) is 86.1 Å². The lowest BCUT2D eigenvalue weighted by Gasteiger charge is -2.21. The Morgan fingerprint density at radius 2 is 1.41 bits per heavy atom. The van der Waals surface area contributed by atoms with Crippen molar-refractivity contribution < 1.29 is 4.79 Å². The van der Waals surface area contributed by atoms with Gasteiger partial charge in [0.05, 0.1) is 6.04 Å². The Morgan fingerprint density at radius 1 is 0.815 bits per heavy atom. The number of hydrogen-bond donors (Lipinski definition) is 1. The van der Waals surface area contributed by atoms with E-state index in [2.05, 4.69) is 74.6 Å². The van der Waals surface area contributed by atoms with Gasteiger partial charge in [0.15, 0.2) is 5.78 Å². The van der Waals surface area contributed by atoms with Crippen LogP contribution in [-0.2, 0) is 0 Å². The van der Waals surface area contributed by atoms with Crippen LogP contribution in [0.3, 0.4) is 0 Å². The molecular weight excluding hydrogens is 330 g/mol. The second kappa shape index (κ2) is 8.68. The molecule has 1 unspecified atom stereocenters. The average molecular weight is 357 g/mol. The van der Waals surface area contributed by atoms with E-state index in [0.29, 0.717) is 12.3 Å². The molecule has 0 bridgehead atoms. The third-order valence-corrected chi connectivity index (χ3v) is 4.88. The normalized spacial score (nSPS) is 12.0. The molecule has 0 aliphatic rings. The van der Waals surface area contributed by atoms with Crippen molar-refractivity contribution in [1.82, 2.24) is 0 Å². The van der Waals surface area contributed by atoms with Crippen LogP contribution in [0.5, 0.6) is 0 Å². The Bertz CT molecular complexity index is 864. The van der Waals surface area contributed by atoms with E-state index in [1.165, 1.54) is 11.1 Å². The van der Waals surface area contributed by atoms with Gasteiger partial charge in [-0.25, -0.2) is 0 Å². The minimum Gasteiger partial charge on any atom is -0.378 e. The van der Waals surface area contributed by atoms with Crippen molar-refractivity contribution in [3.63, 3.8) is 0 Å². The fourth-order valence-corrected chi connectivity index (χ4v) is 3.14. The highest BCUT2D eigenvalue weighted by Gasteiger charge is 2.17. The Balaban J connectivity index is 1.85. The SMILES string of the molecule is Cc1ccc(NC(CC(=O)c2ccccc2)c2ccc(C(C)C)cc2)cc1. The lowest BCUT2D eigenvalue weighted by Crippen LogP contribution is -2.16. The molecule has 0 aromatic heterocycles. The van der Waals surface area contributed by atoms with Crippen LogP contribution in [-0.4, -0.2) is 5.78 Å². The standard InChI is InChI=1S/C25H27NO/c1-18(2)20-11-13-21(14-12-20)24(26-23-15-9-19(3)10-16-23)17-25(27)22-7-5-4-6-8-22/h4-16,18,24,26H,17H2,1-3H3. The monoisotopic (exact) mass is 357 g/mol. The summed E-state index contributed by atoms with van der Waals surface area (Å²) in [5.41, 5.74) is 5.44. The first-order valence-electron chi connectivity index (χ1n) is 9.54. The molecule has 3 aromatic rings. The summed E-state index contributed by atoms with van der Waals surface area (Å²) in [4.78, 5) is 12.8. The maximum Gasteiger partial charge on any atom is 0.165 e. The number of carbonyl (C=O) groups excluding carboxylic acids is 1. The van der Waals surface area contributed by atoms with E-state index in [1.54, 1.807) is 0 Å². The van der Waals surface area contributed by atoms with Crippen LogP contribution < -0.4 is 5.32 Å². The van der Waals surface area contributed by atoms with Gasteiger partial charge in [0.1, 0.15) is 0 Å². The van der Waals surface area contributed by atoms with Gasteiger partial charge in [-0.15, -0.1) is 0 Å². The van der Waals surface area contributed by atoms with Crippen molar-refractivity contribution in [1.29, 1.82) is 0 Å². The van der Waals surface area contributed by atoms with Crippen molar-refractivity contribution in [3.8, 4) is 0 Å². The molecule has 138 valence electrons. The summed E-state index contributed by atoms with van der Waals surface area (Å²) in [6.07, 6.45) is 0.416. The van der Waals surface area contributed by atoms with Crippen LogP contribution in [0.25, 0.3) is 0 Å². The first kappa shape index (κ1) is 18.9. The highest BCUT2D eigenvalue weighted by molar-refractivity contribution is 5.96. The second-order valence-corrected chi connectivity index (χ2v) is 7.38. The summed E-state index contributed by atoms with van der Waals surface area (Å²) in [7, 11) is 0. The lowest BCUT2D eigenvalue weighted by molar-refractivity contribution is 0.0976. The summed E-state index contributed by atoms with van der Waals surface area (Å²) >= 11 is 0. The van der Waals surface area contributed by atoms with E-state index in [1.807, 2.05) is 30.3 Å². The number of rotatable bonds is 7. The molecule has 0 amide bonds. The third-order valence-electron chi connectivity index (χ3n) is 4.88. The molecule has 27 heavy (non-hydrogen) atoms. The summed E-state index contributed by atoms with van der Waals surface area (Å²) in [5.74, 6) is 0.640. The number of aryl methyl sites for hydroxylation is 1. The Morgan fingerprint density at radius 3 is 2.00 bits per heavy atom. The van der Waals surface area contributed by atoms with Gasteiger partial charge in [0.25, 0.3) is 0 Å². The fourth-order valence-electron chi connectivity index (χ4n) is 3.14. The van der Waals surface area contributed by atoms with Gasteiger partial charge in [0.2, 0.25) is 0 Å². The van der Waals surface area contributed by atoms with E-state index >= 15 is 0 Å². The molecule has 0 aliphatic heterocycles. The van der Waals surface area contributed by atoms with Crippen molar-refractivity contribution in [3.05, 3.63) is 101 Å². The summed E-state index contributed by atoms with van der Waals surface area (Å²) in [5, 5.41) is 3.55. The van der Waals surface area contributed by atoms with Gasteiger partial charge in [0, 0.05) is 17.7 Å². The number of benzene rings is 3. The van der Waals surface area contributed by atoms with Crippen LogP contribution in [0.15, 0.2) is 78.9 Å². The molecule has 0 saturated carbocycles. The van der Waals surface area contributed by atoms with Crippen molar-refractivity contribution in [2.24, 2.45) is 0 Å². The smallest absolute Gasteiger partial charge is 0.165 e. The molecule has 0 spiro atoms. The first-order valence-corrected chi connectivity index (χ1v) is 9.54. The summed E-state index contributed by atoms with van der Waals surface area (Å²) < 4.78 is 0. The summed E-state index contributed by atoms with van der Waals surface area (Å²) in [6.45, 7) is 6.46. The molecule has 0 saturated heterocycles. The zero-order chi connectivity index (χ0) is 19.2. The highest BCUT2D eigenvalue weighted by atomic mass is 16.1. The Hall–Kier alpha value is -2.87. The first-order chi connectivity index (χ1) is 13.0. The van der Waals surface area contributed by atoms with Crippen LogP contribution in [0.1, 0.15) is 59.3 Å². The second-order valence-electron chi connectivity index (χ2n) is 7.38. The third kappa shape index (κ3) is 5.07. The van der Waals surface area contributed by atoms with Gasteiger partial charge >= 0.3 is 0 Å². The van der Waals surface area contributed by atoms with Gasteiger partial charge in [-0.2, -0.15) is 0 Å². The largest absolute Gasteiger partial charge is 0.378 e. The molecule has 1 atom stereocenters. The van der Waals surface area contributed by atoms with Crippen LogP contribution in [0, 0.1) is 6.92 Å². The highest BCUT2D eigenvalue weighted by Crippen LogP contribution is 2.26. The molecule has 0 fully saturated rings. The summed E-state index contributed by atoms with van der Waals surface area (Å²) in [6, 6.07) is 26.4. The molecule has 1 N–H and O–H groups in total. The van der Waals surface area contributed by atoms with E-state index in [0.717, 1.165) is 16.8 Å². The molecular formula is C25H27NO. The molecule has 0 aliphatic carbocycles. The molecule has 2 nitrogen and oxygen atoms in total. The quantitative estimate of drug-likeness (QED) is 0.486. The van der Waals surface area contributed by atoms with Gasteiger partial charge < -0.3 is 5.32 Å². The van der Waals surface area contributed by atoms with E-state index < -0.39 is 0 Å². The minimum atomic E-state index is -0.0679. The number of anilines is 1. The van der Waals surface area contributed by atoms with E-state index in [4.69, 9.17) is 0 Å². The number of hydrogen-bond acceptors (Lipinski definition) is 2. The molecule has 2 heteroatoms. The lowest BCUT2D eigenvalue weighted by atomic mass is 9.95. The zero-order valence-electron chi connectivity index (χ0n) is 16.3. The number of Topliss-reactive ketones (excluding diaryl/α,β-unsaturated/α-hetero) is 1. The van der Waals surface area contributed by atoms with Crippen LogP contribution >= 0.6 is 0 Å².